The molecule has 0 unspecified atom stereocenters. The number of carbonyl (C=O) groups is 1. The molecule has 3 aromatic carbocycles. The molecule has 0 saturated heterocycles. The number of para-hydroxylation sites is 2. The fraction of sp³-hybridized carbons (Fsp3) is 0.0769. The zero-order valence-electron chi connectivity index (χ0n) is 17.4. The third kappa shape index (κ3) is 4.90. The number of amides is 1. The first-order valence-corrected chi connectivity index (χ1v) is 10.0. The fourth-order valence-electron chi connectivity index (χ4n) is 3.29. The highest BCUT2D eigenvalue weighted by molar-refractivity contribution is 6.02. The molecule has 4 aromatic rings. The monoisotopic (exact) mass is 409 g/mol. The number of carbonyl (C=O) groups excluding carboxylic acids is 1. The van der Waals surface area contributed by atoms with Gasteiger partial charge < -0.3 is 10.1 Å². The van der Waals surface area contributed by atoms with E-state index in [-0.39, 0.29) is 5.91 Å². The van der Waals surface area contributed by atoms with Gasteiger partial charge in [-0.15, -0.1) is 0 Å². The Hall–Kier alpha value is -4.12. The van der Waals surface area contributed by atoms with Gasteiger partial charge in [-0.1, -0.05) is 36.4 Å². The molecule has 0 aliphatic heterocycles. The molecule has 1 aromatic heterocycles. The van der Waals surface area contributed by atoms with Gasteiger partial charge in [0.1, 0.15) is 11.5 Å². The molecule has 0 fully saturated rings. The zero-order chi connectivity index (χ0) is 21.6. The molecule has 31 heavy (non-hydrogen) atoms. The molecule has 0 bridgehead atoms. The summed E-state index contributed by atoms with van der Waals surface area (Å²) in [5, 5.41) is 7.48. The van der Waals surface area contributed by atoms with Crippen LogP contribution in [0, 0.1) is 13.8 Å². The summed E-state index contributed by atoms with van der Waals surface area (Å²) in [6.07, 6.45) is 3.33. The molecular weight excluding hydrogens is 386 g/mol. The molecule has 154 valence electrons. The van der Waals surface area contributed by atoms with E-state index in [9.17, 15) is 4.79 Å². The van der Waals surface area contributed by atoms with Crippen LogP contribution >= 0.6 is 0 Å². The molecule has 0 spiro atoms. The number of aryl methyl sites for hydroxylation is 1. The van der Waals surface area contributed by atoms with Gasteiger partial charge >= 0.3 is 0 Å². The number of ether oxygens (including phenoxy) is 1. The van der Waals surface area contributed by atoms with Crippen LogP contribution in [0.3, 0.4) is 0 Å². The van der Waals surface area contributed by atoms with Gasteiger partial charge in [0.25, 0.3) is 0 Å². The highest BCUT2D eigenvalue weighted by atomic mass is 16.5. The standard InChI is InChI=1S/C26H23N3O2/c1-19-25(20(2)29(28-19)22-9-5-3-6-10-22)17-18-26(30)27-21-13-15-24(16-14-21)31-23-11-7-4-8-12-23/h3-18H,1-2H3,(H,27,30)/b18-17-. The van der Waals surface area contributed by atoms with E-state index in [1.165, 1.54) is 6.08 Å². The Morgan fingerprint density at radius 2 is 1.48 bits per heavy atom. The van der Waals surface area contributed by atoms with Gasteiger partial charge in [0.05, 0.1) is 11.4 Å². The summed E-state index contributed by atoms with van der Waals surface area (Å²) in [5.74, 6) is 1.27. The third-order valence-electron chi connectivity index (χ3n) is 4.85. The van der Waals surface area contributed by atoms with Crippen LogP contribution in [0.2, 0.25) is 0 Å². The Kier molecular flexibility index (Phi) is 5.94. The average Bonchev–Trinajstić information content (AvgIpc) is 3.08. The molecule has 1 N–H and O–H groups in total. The van der Waals surface area contributed by atoms with Crippen molar-refractivity contribution >= 4 is 17.7 Å². The summed E-state index contributed by atoms with van der Waals surface area (Å²) in [6.45, 7) is 3.94. The van der Waals surface area contributed by atoms with Crippen molar-refractivity contribution in [2.75, 3.05) is 5.32 Å². The maximum atomic E-state index is 12.4. The summed E-state index contributed by atoms with van der Waals surface area (Å²) >= 11 is 0. The summed E-state index contributed by atoms with van der Waals surface area (Å²) in [4.78, 5) is 12.4. The first kappa shape index (κ1) is 20.2. The van der Waals surface area contributed by atoms with Crippen molar-refractivity contribution in [1.82, 2.24) is 9.78 Å². The number of hydrogen-bond donors (Lipinski definition) is 1. The minimum Gasteiger partial charge on any atom is -0.457 e. The molecule has 1 heterocycles. The van der Waals surface area contributed by atoms with E-state index in [4.69, 9.17) is 4.74 Å². The van der Waals surface area contributed by atoms with E-state index in [1.807, 2.05) is 103 Å². The van der Waals surface area contributed by atoms with E-state index in [1.54, 1.807) is 6.08 Å². The summed E-state index contributed by atoms with van der Waals surface area (Å²) in [6, 6.07) is 26.8. The molecule has 4 rings (SSSR count). The maximum absolute atomic E-state index is 12.4. The quantitative estimate of drug-likeness (QED) is 0.401. The lowest BCUT2D eigenvalue weighted by molar-refractivity contribution is -0.111. The minimum atomic E-state index is -0.206. The lowest BCUT2D eigenvalue weighted by Crippen LogP contribution is -2.07. The molecule has 5 nitrogen and oxygen atoms in total. The van der Waals surface area contributed by atoms with Crippen LogP contribution in [0.4, 0.5) is 5.69 Å². The van der Waals surface area contributed by atoms with Crippen molar-refractivity contribution in [1.29, 1.82) is 0 Å². The van der Waals surface area contributed by atoms with Crippen LogP contribution in [0.1, 0.15) is 17.0 Å². The number of anilines is 1. The van der Waals surface area contributed by atoms with Gasteiger partial charge in [0.2, 0.25) is 5.91 Å². The Morgan fingerprint density at radius 1 is 0.871 bits per heavy atom. The first-order chi connectivity index (χ1) is 15.1. The minimum absolute atomic E-state index is 0.206. The number of nitrogens with one attached hydrogen (secondary N) is 1. The van der Waals surface area contributed by atoms with Gasteiger partial charge in [-0.05, 0) is 68.5 Å². The SMILES string of the molecule is Cc1nn(-c2ccccc2)c(C)c1/C=C\C(=O)Nc1ccc(Oc2ccccc2)cc1. The lowest BCUT2D eigenvalue weighted by Gasteiger charge is -2.07. The summed E-state index contributed by atoms with van der Waals surface area (Å²) in [7, 11) is 0. The Balaban J connectivity index is 1.41. The highest BCUT2D eigenvalue weighted by Crippen LogP contribution is 2.23. The number of benzene rings is 3. The van der Waals surface area contributed by atoms with E-state index in [2.05, 4.69) is 10.4 Å². The molecular formula is C26H23N3O2. The average molecular weight is 409 g/mol. The Bertz CT molecular complexity index is 1190. The second-order valence-corrected chi connectivity index (χ2v) is 7.09. The Labute approximate surface area is 181 Å². The molecule has 0 aliphatic rings. The number of rotatable bonds is 6. The molecule has 0 saturated carbocycles. The summed E-state index contributed by atoms with van der Waals surface area (Å²) < 4.78 is 7.66. The highest BCUT2D eigenvalue weighted by Gasteiger charge is 2.10. The van der Waals surface area contributed by atoms with Crippen LogP contribution in [0.15, 0.2) is 91.0 Å². The number of hydrogen-bond acceptors (Lipinski definition) is 3. The van der Waals surface area contributed by atoms with Crippen molar-refractivity contribution in [3.63, 3.8) is 0 Å². The Morgan fingerprint density at radius 3 is 2.16 bits per heavy atom. The number of aromatic nitrogens is 2. The predicted octanol–water partition coefficient (Wildman–Crippen LogP) is 5.93. The second kappa shape index (κ2) is 9.13. The normalized spacial score (nSPS) is 10.9. The van der Waals surface area contributed by atoms with Crippen LogP contribution in [-0.2, 0) is 4.79 Å². The van der Waals surface area contributed by atoms with Gasteiger partial charge in [-0.25, -0.2) is 4.68 Å². The van der Waals surface area contributed by atoms with E-state index in [0.717, 1.165) is 28.4 Å². The second-order valence-electron chi connectivity index (χ2n) is 7.09. The van der Waals surface area contributed by atoms with Crippen LogP contribution < -0.4 is 10.1 Å². The van der Waals surface area contributed by atoms with Crippen LogP contribution in [0.5, 0.6) is 11.5 Å². The van der Waals surface area contributed by atoms with Crippen LogP contribution in [-0.4, -0.2) is 15.7 Å². The van der Waals surface area contributed by atoms with Gasteiger partial charge in [-0.2, -0.15) is 5.10 Å². The largest absolute Gasteiger partial charge is 0.457 e. The first-order valence-electron chi connectivity index (χ1n) is 10.0. The van der Waals surface area contributed by atoms with E-state index in [0.29, 0.717) is 11.4 Å². The molecule has 0 atom stereocenters. The fourth-order valence-corrected chi connectivity index (χ4v) is 3.29. The predicted molar refractivity (Wildman–Crippen MR) is 124 cm³/mol. The lowest BCUT2D eigenvalue weighted by atomic mass is 10.2. The maximum Gasteiger partial charge on any atom is 0.248 e. The smallest absolute Gasteiger partial charge is 0.248 e. The summed E-state index contributed by atoms with van der Waals surface area (Å²) in [5.41, 5.74) is 4.47. The van der Waals surface area contributed by atoms with Gasteiger partial charge in [-0.3, -0.25) is 4.79 Å². The van der Waals surface area contributed by atoms with Gasteiger partial charge in [0, 0.05) is 23.0 Å². The van der Waals surface area contributed by atoms with Crippen molar-refractivity contribution in [3.05, 3.63) is 108 Å². The van der Waals surface area contributed by atoms with Crippen molar-refractivity contribution < 1.29 is 9.53 Å². The molecule has 5 heteroatoms. The van der Waals surface area contributed by atoms with Crippen molar-refractivity contribution in [2.45, 2.75) is 13.8 Å². The molecule has 0 aliphatic carbocycles. The van der Waals surface area contributed by atoms with Gasteiger partial charge in [0.15, 0.2) is 0 Å². The number of nitrogens with zero attached hydrogens (tertiary/aromatic N) is 2. The van der Waals surface area contributed by atoms with E-state index >= 15 is 0 Å². The van der Waals surface area contributed by atoms with Crippen LogP contribution in [0.25, 0.3) is 11.8 Å². The topological polar surface area (TPSA) is 56.2 Å². The third-order valence-corrected chi connectivity index (χ3v) is 4.85. The molecule has 0 radical (unpaired) electrons. The molecule has 1 amide bonds. The zero-order valence-corrected chi connectivity index (χ0v) is 17.4. The van der Waals surface area contributed by atoms with Crippen molar-refractivity contribution in [2.24, 2.45) is 0 Å². The van der Waals surface area contributed by atoms with Crippen molar-refractivity contribution in [3.8, 4) is 17.2 Å². The van der Waals surface area contributed by atoms with E-state index < -0.39 is 0 Å².